The molecule has 2 aromatic heterocycles. The highest BCUT2D eigenvalue weighted by Gasteiger charge is 2.22. The standard InChI is InChI=1S/C23H20N4O3/c1-2-30-23(29)20-16-24-27(19-8-4-3-5-9-19)21(20)25-22(28)17-10-12-18(13-11-17)26-14-6-7-15-26/h3-16H,2H2,1H3,(H,25,28). The van der Waals surface area contributed by atoms with E-state index in [0.717, 1.165) is 5.69 Å². The Morgan fingerprint density at radius 1 is 0.933 bits per heavy atom. The minimum absolute atomic E-state index is 0.193. The third-order valence-electron chi connectivity index (χ3n) is 4.53. The Morgan fingerprint density at radius 2 is 1.63 bits per heavy atom. The number of aromatic nitrogens is 3. The van der Waals surface area contributed by atoms with E-state index >= 15 is 0 Å². The Bertz CT molecular complexity index is 1150. The summed E-state index contributed by atoms with van der Waals surface area (Å²) in [7, 11) is 0. The molecule has 30 heavy (non-hydrogen) atoms. The summed E-state index contributed by atoms with van der Waals surface area (Å²) in [5, 5.41) is 7.10. The number of amides is 1. The summed E-state index contributed by atoms with van der Waals surface area (Å²) >= 11 is 0. The van der Waals surface area contributed by atoms with Crippen LogP contribution in [0.5, 0.6) is 0 Å². The highest BCUT2D eigenvalue weighted by molar-refractivity contribution is 6.07. The number of anilines is 1. The molecule has 1 amide bonds. The second-order valence-electron chi connectivity index (χ2n) is 6.47. The van der Waals surface area contributed by atoms with E-state index in [1.54, 1.807) is 19.1 Å². The molecule has 2 aromatic carbocycles. The van der Waals surface area contributed by atoms with E-state index in [1.807, 2.05) is 71.6 Å². The van der Waals surface area contributed by atoms with Gasteiger partial charge in [0.05, 0.1) is 18.5 Å². The number of nitrogens with one attached hydrogen (secondary N) is 1. The molecule has 0 saturated heterocycles. The fraction of sp³-hybridized carbons (Fsp3) is 0.0870. The number of ether oxygens (including phenoxy) is 1. The first-order valence-corrected chi connectivity index (χ1v) is 9.52. The second kappa shape index (κ2) is 8.48. The van der Waals surface area contributed by atoms with Crippen molar-refractivity contribution in [3.05, 3.63) is 96.4 Å². The molecule has 0 bridgehead atoms. The molecule has 4 rings (SSSR count). The Labute approximate surface area is 173 Å². The number of carbonyl (C=O) groups is 2. The summed E-state index contributed by atoms with van der Waals surface area (Å²) in [6.07, 6.45) is 5.26. The van der Waals surface area contributed by atoms with Crippen molar-refractivity contribution < 1.29 is 14.3 Å². The van der Waals surface area contributed by atoms with E-state index in [2.05, 4.69) is 10.4 Å². The van der Waals surface area contributed by atoms with Crippen LogP contribution in [0, 0.1) is 0 Å². The van der Waals surface area contributed by atoms with Crippen molar-refractivity contribution in [1.29, 1.82) is 0 Å². The zero-order chi connectivity index (χ0) is 20.9. The van der Waals surface area contributed by atoms with Crippen molar-refractivity contribution in [2.24, 2.45) is 0 Å². The van der Waals surface area contributed by atoms with Crippen molar-refractivity contribution in [2.45, 2.75) is 6.92 Å². The average Bonchev–Trinajstić information content (AvgIpc) is 3.45. The summed E-state index contributed by atoms with van der Waals surface area (Å²) in [6, 6.07) is 20.3. The van der Waals surface area contributed by atoms with Crippen LogP contribution in [0.2, 0.25) is 0 Å². The summed E-state index contributed by atoms with van der Waals surface area (Å²) in [4.78, 5) is 25.3. The monoisotopic (exact) mass is 400 g/mol. The van der Waals surface area contributed by atoms with E-state index in [9.17, 15) is 9.59 Å². The van der Waals surface area contributed by atoms with Crippen LogP contribution in [-0.4, -0.2) is 32.8 Å². The summed E-state index contributed by atoms with van der Waals surface area (Å²) in [5.74, 6) is -0.630. The number of hydrogen-bond donors (Lipinski definition) is 1. The van der Waals surface area contributed by atoms with Crippen molar-refractivity contribution in [3.63, 3.8) is 0 Å². The van der Waals surface area contributed by atoms with Gasteiger partial charge in [-0.05, 0) is 55.5 Å². The highest BCUT2D eigenvalue weighted by atomic mass is 16.5. The largest absolute Gasteiger partial charge is 0.462 e. The van der Waals surface area contributed by atoms with E-state index in [0.29, 0.717) is 11.3 Å². The lowest BCUT2D eigenvalue weighted by atomic mass is 10.2. The predicted molar refractivity (Wildman–Crippen MR) is 113 cm³/mol. The fourth-order valence-corrected chi connectivity index (χ4v) is 3.06. The number of rotatable bonds is 6. The molecular weight excluding hydrogens is 380 g/mol. The molecule has 0 radical (unpaired) electrons. The van der Waals surface area contributed by atoms with Crippen LogP contribution in [0.15, 0.2) is 85.3 Å². The number of benzene rings is 2. The lowest BCUT2D eigenvalue weighted by molar-refractivity contribution is 0.0527. The van der Waals surface area contributed by atoms with Gasteiger partial charge in [0.25, 0.3) is 5.91 Å². The van der Waals surface area contributed by atoms with Gasteiger partial charge in [-0.15, -0.1) is 0 Å². The molecule has 150 valence electrons. The van der Waals surface area contributed by atoms with Gasteiger partial charge < -0.3 is 14.6 Å². The van der Waals surface area contributed by atoms with Gasteiger partial charge in [-0.3, -0.25) is 4.79 Å². The van der Waals surface area contributed by atoms with Crippen molar-refractivity contribution >= 4 is 17.7 Å². The van der Waals surface area contributed by atoms with Crippen molar-refractivity contribution in [2.75, 3.05) is 11.9 Å². The lowest BCUT2D eigenvalue weighted by Gasteiger charge is -2.11. The lowest BCUT2D eigenvalue weighted by Crippen LogP contribution is -2.18. The van der Waals surface area contributed by atoms with Crippen LogP contribution in [0.4, 0.5) is 5.82 Å². The maximum atomic E-state index is 12.9. The van der Waals surface area contributed by atoms with Gasteiger partial charge in [0.2, 0.25) is 0 Å². The summed E-state index contributed by atoms with van der Waals surface area (Å²) in [6.45, 7) is 1.95. The van der Waals surface area contributed by atoms with Gasteiger partial charge in [0, 0.05) is 23.6 Å². The number of nitrogens with zero attached hydrogens (tertiary/aromatic N) is 3. The zero-order valence-corrected chi connectivity index (χ0v) is 16.4. The molecule has 0 fully saturated rings. The molecule has 2 heterocycles. The second-order valence-corrected chi connectivity index (χ2v) is 6.47. The molecular formula is C23H20N4O3. The Hall–Kier alpha value is -4.13. The van der Waals surface area contributed by atoms with Crippen LogP contribution in [0.25, 0.3) is 11.4 Å². The molecule has 4 aromatic rings. The van der Waals surface area contributed by atoms with Gasteiger partial charge in [-0.2, -0.15) is 5.10 Å². The first-order valence-electron chi connectivity index (χ1n) is 9.52. The van der Waals surface area contributed by atoms with Gasteiger partial charge >= 0.3 is 5.97 Å². The smallest absolute Gasteiger partial charge is 0.343 e. The minimum Gasteiger partial charge on any atom is -0.462 e. The van der Waals surface area contributed by atoms with E-state index in [1.165, 1.54) is 10.9 Å². The molecule has 0 aliphatic rings. The summed E-state index contributed by atoms with van der Waals surface area (Å²) in [5.41, 5.74) is 2.31. The van der Waals surface area contributed by atoms with E-state index < -0.39 is 5.97 Å². The molecule has 0 aliphatic heterocycles. The molecule has 0 atom stereocenters. The minimum atomic E-state index is -0.544. The molecule has 0 unspecified atom stereocenters. The van der Waals surface area contributed by atoms with Crippen LogP contribution in [0.3, 0.4) is 0 Å². The number of para-hydroxylation sites is 1. The fourth-order valence-electron chi connectivity index (χ4n) is 3.06. The van der Waals surface area contributed by atoms with Gasteiger partial charge in [0.1, 0.15) is 5.56 Å². The molecule has 7 nitrogen and oxygen atoms in total. The van der Waals surface area contributed by atoms with Crippen LogP contribution in [-0.2, 0) is 4.74 Å². The molecule has 0 saturated carbocycles. The van der Waals surface area contributed by atoms with Crippen LogP contribution < -0.4 is 5.32 Å². The Kier molecular flexibility index (Phi) is 5.43. The molecule has 7 heteroatoms. The SMILES string of the molecule is CCOC(=O)c1cnn(-c2ccccc2)c1NC(=O)c1ccc(-n2cccc2)cc1. The molecule has 0 aliphatic carbocycles. The maximum Gasteiger partial charge on any atom is 0.343 e. The third kappa shape index (κ3) is 3.86. The zero-order valence-electron chi connectivity index (χ0n) is 16.4. The molecule has 1 N–H and O–H groups in total. The molecule has 0 spiro atoms. The van der Waals surface area contributed by atoms with Crippen molar-refractivity contribution in [1.82, 2.24) is 14.3 Å². The van der Waals surface area contributed by atoms with Crippen molar-refractivity contribution in [3.8, 4) is 11.4 Å². The van der Waals surface area contributed by atoms with E-state index in [4.69, 9.17) is 4.74 Å². The average molecular weight is 400 g/mol. The highest BCUT2D eigenvalue weighted by Crippen LogP contribution is 2.22. The first-order chi connectivity index (χ1) is 14.7. The van der Waals surface area contributed by atoms with Gasteiger partial charge in [0.15, 0.2) is 5.82 Å². The van der Waals surface area contributed by atoms with Gasteiger partial charge in [-0.1, -0.05) is 18.2 Å². The number of hydrogen-bond acceptors (Lipinski definition) is 4. The first kappa shape index (κ1) is 19.2. The predicted octanol–water partition coefficient (Wildman–Crippen LogP) is 4.09. The topological polar surface area (TPSA) is 78.2 Å². The van der Waals surface area contributed by atoms with E-state index in [-0.39, 0.29) is 23.9 Å². The number of carbonyl (C=O) groups excluding carboxylic acids is 2. The quantitative estimate of drug-likeness (QED) is 0.495. The van der Waals surface area contributed by atoms with Crippen LogP contribution in [0.1, 0.15) is 27.6 Å². The van der Waals surface area contributed by atoms with Crippen LogP contribution >= 0.6 is 0 Å². The third-order valence-corrected chi connectivity index (χ3v) is 4.53. The summed E-state index contributed by atoms with van der Waals surface area (Å²) < 4.78 is 8.58. The normalized spacial score (nSPS) is 10.6. The Morgan fingerprint density at radius 3 is 2.30 bits per heavy atom. The number of esters is 1. The Balaban J connectivity index is 1.64. The van der Waals surface area contributed by atoms with Gasteiger partial charge in [-0.25, -0.2) is 9.48 Å². The maximum absolute atomic E-state index is 12.9.